The zero-order chi connectivity index (χ0) is 15.1. The number of nitriles is 1. The Balaban J connectivity index is 2.38. The molecule has 0 bridgehead atoms. The quantitative estimate of drug-likeness (QED) is 0.727. The number of pyridine rings is 1. The number of benzene rings is 1. The summed E-state index contributed by atoms with van der Waals surface area (Å²) in [5, 5.41) is 12.3. The van der Waals surface area contributed by atoms with Crippen molar-refractivity contribution in [2.45, 2.75) is 6.92 Å². The topological polar surface area (TPSA) is 83.6 Å². The third-order valence-corrected chi connectivity index (χ3v) is 3.62. The van der Waals surface area contributed by atoms with Crippen molar-refractivity contribution >= 4 is 10.9 Å². The van der Waals surface area contributed by atoms with Gasteiger partial charge in [-0.3, -0.25) is 14.7 Å². The third-order valence-electron chi connectivity index (χ3n) is 3.62. The summed E-state index contributed by atoms with van der Waals surface area (Å²) >= 11 is 0. The lowest BCUT2D eigenvalue weighted by molar-refractivity contribution is 0.830. The molecule has 2 aromatic heterocycles. The molecule has 3 rings (SSSR count). The molecule has 1 aromatic carbocycles. The fourth-order valence-electron chi connectivity index (χ4n) is 2.36. The summed E-state index contributed by atoms with van der Waals surface area (Å²) in [6.45, 7) is 1.73. The van der Waals surface area contributed by atoms with E-state index in [9.17, 15) is 9.59 Å². The molecule has 0 radical (unpaired) electrons. The molecule has 0 saturated carbocycles. The molecular weight excluding hydrogens is 268 g/mol. The lowest BCUT2D eigenvalue weighted by Crippen LogP contribution is -2.20. The average molecular weight is 280 g/mol. The Labute approximate surface area is 119 Å². The number of aryl methyl sites for hydroxylation is 1. The highest BCUT2D eigenvalue weighted by Crippen LogP contribution is 2.13. The maximum atomic E-state index is 12.5. The molecule has 21 heavy (non-hydrogen) atoms. The Morgan fingerprint density at radius 3 is 2.71 bits per heavy atom. The molecule has 0 saturated heterocycles. The van der Waals surface area contributed by atoms with Crippen LogP contribution in [0.2, 0.25) is 0 Å². The monoisotopic (exact) mass is 280 g/mol. The van der Waals surface area contributed by atoms with Crippen LogP contribution in [0.5, 0.6) is 0 Å². The Hall–Kier alpha value is -3.07. The van der Waals surface area contributed by atoms with Crippen molar-refractivity contribution < 1.29 is 0 Å². The summed E-state index contributed by atoms with van der Waals surface area (Å²) < 4.78 is 2.78. The van der Waals surface area contributed by atoms with E-state index in [0.29, 0.717) is 27.8 Å². The molecule has 0 unspecified atom stereocenters. The van der Waals surface area contributed by atoms with E-state index in [1.807, 2.05) is 6.07 Å². The molecule has 0 aliphatic carbocycles. The van der Waals surface area contributed by atoms with Crippen LogP contribution in [0.1, 0.15) is 11.3 Å². The van der Waals surface area contributed by atoms with E-state index < -0.39 is 0 Å². The molecule has 0 aliphatic heterocycles. The van der Waals surface area contributed by atoms with Gasteiger partial charge in [0, 0.05) is 18.8 Å². The molecule has 0 spiro atoms. The number of nitrogens with zero attached hydrogens (tertiary/aromatic N) is 3. The van der Waals surface area contributed by atoms with Gasteiger partial charge in [-0.15, -0.1) is 0 Å². The van der Waals surface area contributed by atoms with Crippen molar-refractivity contribution in [1.29, 1.82) is 5.26 Å². The Bertz CT molecular complexity index is 1010. The SMILES string of the molecule is Cc1c2c(=O)n(-c3cccc(C#N)c3)[nH]c2cc(=O)n1C. The van der Waals surface area contributed by atoms with E-state index in [0.717, 1.165) is 0 Å². The second-order valence-corrected chi connectivity index (χ2v) is 4.83. The fraction of sp³-hybridized carbons (Fsp3) is 0.133. The van der Waals surface area contributed by atoms with Gasteiger partial charge in [-0.1, -0.05) is 6.07 Å². The van der Waals surface area contributed by atoms with E-state index in [-0.39, 0.29) is 11.1 Å². The normalized spacial score (nSPS) is 10.7. The van der Waals surface area contributed by atoms with Crippen molar-refractivity contribution in [3.05, 3.63) is 62.3 Å². The van der Waals surface area contributed by atoms with Crippen LogP contribution in [-0.2, 0) is 7.05 Å². The van der Waals surface area contributed by atoms with Crippen molar-refractivity contribution in [1.82, 2.24) is 14.3 Å². The van der Waals surface area contributed by atoms with E-state index in [1.54, 1.807) is 38.2 Å². The molecule has 6 nitrogen and oxygen atoms in total. The fourth-order valence-corrected chi connectivity index (χ4v) is 2.36. The predicted molar refractivity (Wildman–Crippen MR) is 78.6 cm³/mol. The lowest BCUT2D eigenvalue weighted by Gasteiger charge is -2.01. The highest BCUT2D eigenvalue weighted by molar-refractivity contribution is 5.80. The summed E-state index contributed by atoms with van der Waals surface area (Å²) in [5.74, 6) is 0. The summed E-state index contributed by atoms with van der Waals surface area (Å²) in [4.78, 5) is 24.3. The summed E-state index contributed by atoms with van der Waals surface area (Å²) in [6.07, 6.45) is 0. The van der Waals surface area contributed by atoms with Crippen molar-refractivity contribution in [3.8, 4) is 11.8 Å². The first-order valence-corrected chi connectivity index (χ1v) is 6.35. The van der Waals surface area contributed by atoms with E-state index in [4.69, 9.17) is 5.26 Å². The molecule has 3 aromatic rings. The minimum atomic E-state index is -0.242. The van der Waals surface area contributed by atoms with Gasteiger partial charge in [0.1, 0.15) is 0 Å². The summed E-state index contributed by atoms with van der Waals surface area (Å²) in [6, 6.07) is 10.1. The third kappa shape index (κ3) is 1.87. The summed E-state index contributed by atoms with van der Waals surface area (Å²) in [7, 11) is 1.63. The molecule has 1 N–H and O–H groups in total. The maximum Gasteiger partial charge on any atom is 0.280 e. The molecule has 104 valence electrons. The first-order chi connectivity index (χ1) is 10.0. The predicted octanol–water partition coefficient (Wildman–Crippen LogP) is 1.20. The van der Waals surface area contributed by atoms with Gasteiger partial charge >= 0.3 is 0 Å². The number of aromatic amines is 1. The van der Waals surface area contributed by atoms with Gasteiger partial charge in [0.05, 0.1) is 28.2 Å². The molecule has 0 fully saturated rings. The van der Waals surface area contributed by atoms with Crippen LogP contribution in [0, 0.1) is 18.3 Å². The highest BCUT2D eigenvalue weighted by Gasteiger charge is 2.13. The van der Waals surface area contributed by atoms with Gasteiger partial charge in [-0.2, -0.15) is 5.26 Å². The Morgan fingerprint density at radius 1 is 1.24 bits per heavy atom. The maximum absolute atomic E-state index is 12.5. The average Bonchev–Trinajstić information content (AvgIpc) is 2.81. The minimum absolute atomic E-state index is 0.181. The van der Waals surface area contributed by atoms with Crippen LogP contribution in [-0.4, -0.2) is 14.3 Å². The van der Waals surface area contributed by atoms with Crippen LogP contribution in [0.15, 0.2) is 39.9 Å². The van der Waals surface area contributed by atoms with Gasteiger partial charge in [0.2, 0.25) is 0 Å². The van der Waals surface area contributed by atoms with E-state index >= 15 is 0 Å². The lowest BCUT2D eigenvalue weighted by atomic mass is 10.2. The minimum Gasteiger partial charge on any atom is -0.315 e. The van der Waals surface area contributed by atoms with E-state index in [2.05, 4.69) is 5.10 Å². The van der Waals surface area contributed by atoms with Gasteiger partial charge in [0.25, 0.3) is 11.1 Å². The van der Waals surface area contributed by atoms with Gasteiger partial charge < -0.3 is 4.57 Å². The van der Waals surface area contributed by atoms with Crippen LogP contribution >= 0.6 is 0 Å². The van der Waals surface area contributed by atoms with Crippen LogP contribution in [0.3, 0.4) is 0 Å². The largest absolute Gasteiger partial charge is 0.315 e. The summed E-state index contributed by atoms with van der Waals surface area (Å²) in [5.41, 5.74) is 1.69. The first kappa shape index (κ1) is 12.9. The second-order valence-electron chi connectivity index (χ2n) is 4.83. The van der Waals surface area contributed by atoms with Gasteiger partial charge in [0.15, 0.2) is 0 Å². The van der Waals surface area contributed by atoms with Crippen molar-refractivity contribution in [3.63, 3.8) is 0 Å². The number of nitrogens with one attached hydrogen (secondary N) is 1. The van der Waals surface area contributed by atoms with Crippen LogP contribution in [0.4, 0.5) is 0 Å². The zero-order valence-corrected chi connectivity index (χ0v) is 11.5. The molecule has 0 aliphatic rings. The second kappa shape index (κ2) is 4.49. The number of hydrogen-bond acceptors (Lipinski definition) is 3. The molecule has 0 amide bonds. The van der Waals surface area contributed by atoms with E-state index in [1.165, 1.54) is 15.3 Å². The smallest absolute Gasteiger partial charge is 0.280 e. The molecule has 2 heterocycles. The van der Waals surface area contributed by atoms with Crippen molar-refractivity contribution in [2.24, 2.45) is 7.05 Å². The molecular formula is C15H12N4O2. The standard InChI is InChI=1S/C15H12N4O2/c1-9-14-12(7-13(20)18(9)2)17-19(15(14)21)11-5-3-4-10(6-11)8-16/h3-7,17H,1-2H3. The van der Waals surface area contributed by atoms with Crippen LogP contribution < -0.4 is 11.1 Å². The zero-order valence-electron chi connectivity index (χ0n) is 11.5. The highest BCUT2D eigenvalue weighted by atomic mass is 16.1. The first-order valence-electron chi connectivity index (χ1n) is 6.35. The number of rotatable bonds is 1. The number of aromatic nitrogens is 3. The number of fused-ring (bicyclic) bond motifs is 1. The Morgan fingerprint density at radius 2 is 2.00 bits per heavy atom. The van der Waals surface area contributed by atoms with Crippen molar-refractivity contribution in [2.75, 3.05) is 0 Å². The number of H-pyrrole nitrogens is 1. The molecule has 6 heteroatoms. The molecule has 0 atom stereocenters. The number of hydrogen-bond donors (Lipinski definition) is 1. The Kier molecular flexibility index (Phi) is 2.77. The van der Waals surface area contributed by atoms with Gasteiger partial charge in [-0.05, 0) is 25.1 Å². The van der Waals surface area contributed by atoms with Crippen LogP contribution in [0.25, 0.3) is 16.6 Å². The van der Waals surface area contributed by atoms with Gasteiger partial charge in [-0.25, -0.2) is 4.68 Å².